The minimum absolute atomic E-state index is 0.0543. The zero-order chi connectivity index (χ0) is 16.0. The van der Waals surface area contributed by atoms with E-state index in [9.17, 15) is 14.9 Å². The predicted octanol–water partition coefficient (Wildman–Crippen LogP) is 2.32. The highest BCUT2D eigenvalue weighted by atomic mass is 32.2. The molecule has 1 amide bonds. The third kappa shape index (κ3) is 4.98. The van der Waals surface area contributed by atoms with Gasteiger partial charge >= 0.3 is 11.8 Å². The van der Waals surface area contributed by atoms with Crippen molar-refractivity contribution < 1.29 is 14.8 Å². The van der Waals surface area contributed by atoms with Gasteiger partial charge in [0.25, 0.3) is 0 Å². The van der Waals surface area contributed by atoms with Crippen LogP contribution in [-0.4, -0.2) is 47.4 Å². The standard InChI is InChI=1S/C13H15N3O4S/c1-4-9-7-10(21-6-5-15(2)3)8-11(14-13(17)18)12(9)16(19)20/h1,7-8,14H,5-6H2,2-3H3,(H,17,18). The van der Waals surface area contributed by atoms with Crippen molar-refractivity contribution in [2.24, 2.45) is 0 Å². The molecule has 2 N–H and O–H groups in total. The molecule has 1 rings (SSSR count). The molecule has 0 saturated heterocycles. The third-order valence-corrected chi connectivity index (χ3v) is 3.43. The van der Waals surface area contributed by atoms with E-state index in [1.54, 1.807) is 0 Å². The van der Waals surface area contributed by atoms with Crippen molar-refractivity contribution in [2.45, 2.75) is 4.90 Å². The van der Waals surface area contributed by atoms with Crippen molar-refractivity contribution >= 4 is 29.2 Å². The number of amides is 1. The van der Waals surface area contributed by atoms with E-state index in [4.69, 9.17) is 11.5 Å². The van der Waals surface area contributed by atoms with Crippen LogP contribution in [0.1, 0.15) is 5.56 Å². The molecule has 0 aliphatic heterocycles. The number of carbonyl (C=O) groups is 1. The fourth-order valence-electron chi connectivity index (χ4n) is 1.55. The van der Waals surface area contributed by atoms with Crippen LogP contribution in [0.5, 0.6) is 0 Å². The van der Waals surface area contributed by atoms with E-state index in [1.165, 1.54) is 23.9 Å². The Bertz CT molecular complexity index is 596. The van der Waals surface area contributed by atoms with Gasteiger partial charge < -0.3 is 10.0 Å². The lowest BCUT2D eigenvalue weighted by Crippen LogP contribution is -2.14. The number of benzene rings is 1. The highest BCUT2D eigenvalue weighted by Gasteiger charge is 2.21. The van der Waals surface area contributed by atoms with Crippen molar-refractivity contribution in [1.29, 1.82) is 0 Å². The monoisotopic (exact) mass is 309 g/mol. The van der Waals surface area contributed by atoms with Gasteiger partial charge in [0.15, 0.2) is 0 Å². The molecule has 0 atom stereocenters. The van der Waals surface area contributed by atoms with E-state index in [1.807, 2.05) is 24.3 Å². The van der Waals surface area contributed by atoms with Crippen LogP contribution < -0.4 is 5.32 Å². The van der Waals surface area contributed by atoms with Crippen LogP contribution in [0, 0.1) is 22.5 Å². The van der Waals surface area contributed by atoms with Gasteiger partial charge in [0.1, 0.15) is 11.3 Å². The van der Waals surface area contributed by atoms with Gasteiger partial charge in [-0.25, -0.2) is 4.79 Å². The van der Waals surface area contributed by atoms with E-state index >= 15 is 0 Å². The summed E-state index contributed by atoms with van der Waals surface area (Å²) in [6.07, 6.45) is 3.91. The average Bonchev–Trinajstić information content (AvgIpc) is 2.36. The molecule has 0 aliphatic rings. The Morgan fingerprint density at radius 1 is 1.57 bits per heavy atom. The highest BCUT2D eigenvalue weighted by Crippen LogP contribution is 2.33. The average molecular weight is 309 g/mol. The van der Waals surface area contributed by atoms with E-state index < -0.39 is 16.7 Å². The van der Waals surface area contributed by atoms with Gasteiger partial charge in [0.05, 0.1) is 4.92 Å². The second-order valence-corrected chi connectivity index (χ2v) is 5.52. The molecule has 0 radical (unpaired) electrons. The maximum Gasteiger partial charge on any atom is 0.409 e. The molecule has 0 aliphatic carbocycles. The minimum Gasteiger partial charge on any atom is -0.465 e. The first-order chi connectivity index (χ1) is 9.85. The van der Waals surface area contributed by atoms with Crippen LogP contribution in [0.3, 0.4) is 0 Å². The quantitative estimate of drug-likeness (QED) is 0.362. The summed E-state index contributed by atoms with van der Waals surface area (Å²) < 4.78 is 0. The molecule has 21 heavy (non-hydrogen) atoms. The number of carboxylic acid groups (broad SMARTS) is 1. The number of thioether (sulfide) groups is 1. The first-order valence-corrected chi connectivity index (χ1v) is 6.90. The second-order valence-electron chi connectivity index (χ2n) is 4.35. The fourth-order valence-corrected chi connectivity index (χ4v) is 2.65. The number of nitro groups is 1. The lowest BCUT2D eigenvalue weighted by molar-refractivity contribution is -0.384. The Hall–Kier alpha value is -2.24. The van der Waals surface area contributed by atoms with Crippen LogP contribution in [0.15, 0.2) is 17.0 Å². The van der Waals surface area contributed by atoms with Gasteiger partial charge in [-0.05, 0) is 26.2 Å². The van der Waals surface area contributed by atoms with E-state index in [0.29, 0.717) is 4.90 Å². The van der Waals surface area contributed by atoms with Crippen molar-refractivity contribution in [2.75, 3.05) is 31.7 Å². The molecule has 1 aromatic carbocycles. The highest BCUT2D eigenvalue weighted by molar-refractivity contribution is 7.99. The van der Waals surface area contributed by atoms with Gasteiger partial charge in [-0.1, -0.05) is 5.92 Å². The molecule has 8 heteroatoms. The zero-order valence-electron chi connectivity index (χ0n) is 11.6. The van der Waals surface area contributed by atoms with Crippen LogP contribution in [-0.2, 0) is 0 Å². The lowest BCUT2D eigenvalue weighted by Gasteiger charge is -2.10. The molecule has 0 saturated carbocycles. The number of hydrogen-bond acceptors (Lipinski definition) is 5. The van der Waals surface area contributed by atoms with Crippen molar-refractivity contribution in [3.8, 4) is 12.3 Å². The number of rotatable bonds is 6. The molecular formula is C13H15N3O4S. The predicted molar refractivity (Wildman–Crippen MR) is 82.0 cm³/mol. The number of hydrogen-bond donors (Lipinski definition) is 2. The summed E-state index contributed by atoms with van der Waals surface area (Å²) in [7, 11) is 3.86. The maximum atomic E-state index is 11.1. The van der Waals surface area contributed by atoms with Gasteiger partial charge in [-0.3, -0.25) is 15.4 Å². The third-order valence-electron chi connectivity index (χ3n) is 2.47. The lowest BCUT2D eigenvalue weighted by atomic mass is 10.1. The van der Waals surface area contributed by atoms with Gasteiger partial charge in [-0.15, -0.1) is 18.2 Å². The molecular weight excluding hydrogens is 294 g/mol. The van der Waals surface area contributed by atoms with Crippen molar-refractivity contribution in [3.63, 3.8) is 0 Å². The molecule has 1 aromatic rings. The summed E-state index contributed by atoms with van der Waals surface area (Å²) in [4.78, 5) is 23.8. The zero-order valence-corrected chi connectivity index (χ0v) is 12.4. The normalized spacial score (nSPS) is 10.2. The minimum atomic E-state index is -1.38. The van der Waals surface area contributed by atoms with Crippen LogP contribution in [0.25, 0.3) is 0 Å². The Kier molecular flexibility index (Phi) is 6.02. The largest absolute Gasteiger partial charge is 0.465 e. The van der Waals surface area contributed by atoms with E-state index in [-0.39, 0.29) is 11.3 Å². The molecule has 0 heterocycles. The molecule has 0 aromatic heterocycles. The molecule has 0 fully saturated rings. The number of terminal acetylenes is 1. The van der Waals surface area contributed by atoms with Gasteiger partial charge in [-0.2, -0.15) is 0 Å². The summed E-state index contributed by atoms with van der Waals surface area (Å²) in [5.41, 5.74) is -0.467. The summed E-state index contributed by atoms with van der Waals surface area (Å²) >= 11 is 1.45. The number of nitro benzene ring substituents is 1. The summed E-state index contributed by atoms with van der Waals surface area (Å²) in [5, 5.41) is 21.9. The van der Waals surface area contributed by atoms with Gasteiger partial charge in [0.2, 0.25) is 0 Å². The summed E-state index contributed by atoms with van der Waals surface area (Å²) in [6.45, 7) is 0.814. The van der Waals surface area contributed by atoms with Crippen LogP contribution in [0.4, 0.5) is 16.2 Å². The van der Waals surface area contributed by atoms with E-state index in [2.05, 4.69) is 5.92 Å². The van der Waals surface area contributed by atoms with Crippen LogP contribution in [0.2, 0.25) is 0 Å². The molecule has 0 bridgehead atoms. The summed E-state index contributed by atoms with van der Waals surface area (Å²) in [5.74, 6) is 2.98. The number of nitrogens with zero attached hydrogens (tertiary/aromatic N) is 2. The first-order valence-electron chi connectivity index (χ1n) is 5.91. The second kappa shape index (κ2) is 7.52. The van der Waals surface area contributed by atoms with E-state index in [0.717, 1.165) is 12.3 Å². The molecule has 0 spiro atoms. The molecule has 112 valence electrons. The molecule has 7 nitrogen and oxygen atoms in total. The van der Waals surface area contributed by atoms with Crippen LogP contribution >= 0.6 is 11.8 Å². The smallest absolute Gasteiger partial charge is 0.409 e. The Labute approximate surface area is 126 Å². The first kappa shape index (κ1) is 16.8. The number of anilines is 1. The maximum absolute atomic E-state index is 11.1. The molecule has 0 unspecified atom stereocenters. The fraction of sp³-hybridized carbons (Fsp3) is 0.308. The van der Waals surface area contributed by atoms with Crippen molar-refractivity contribution in [3.05, 3.63) is 27.8 Å². The Morgan fingerprint density at radius 2 is 2.24 bits per heavy atom. The SMILES string of the molecule is C#Cc1cc(SCCN(C)C)cc(NC(=O)O)c1[N+](=O)[O-]. The Morgan fingerprint density at radius 3 is 2.71 bits per heavy atom. The Balaban J connectivity index is 3.15. The topological polar surface area (TPSA) is 95.7 Å². The number of nitrogens with one attached hydrogen (secondary N) is 1. The van der Waals surface area contributed by atoms with Crippen molar-refractivity contribution in [1.82, 2.24) is 4.90 Å². The summed E-state index contributed by atoms with van der Waals surface area (Å²) in [6, 6.07) is 2.94. The van der Waals surface area contributed by atoms with Gasteiger partial charge in [0, 0.05) is 17.2 Å².